The number of rotatable bonds is 6. The van der Waals surface area contributed by atoms with E-state index in [0.29, 0.717) is 18.7 Å². The maximum absolute atomic E-state index is 12.9. The number of ether oxygens (including phenoxy) is 2. The summed E-state index contributed by atoms with van der Waals surface area (Å²) in [5.74, 6) is -0.529. The van der Waals surface area contributed by atoms with Crippen LogP contribution in [0.5, 0.6) is 5.75 Å². The standard InChI is InChI=1S/C11H16FNO3/c1-15-11(16-2)7-13-6-8-3-9(12)5-10(14)4-8/h3-5,11,13-14H,6-7H2,1-2H3. The molecule has 0 aliphatic carbocycles. The molecule has 0 saturated heterocycles. The summed E-state index contributed by atoms with van der Waals surface area (Å²) in [6, 6.07) is 3.93. The first-order valence-electron chi connectivity index (χ1n) is 4.90. The monoisotopic (exact) mass is 229 g/mol. The minimum atomic E-state index is -0.452. The van der Waals surface area contributed by atoms with Crippen molar-refractivity contribution in [1.82, 2.24) is 5.32 Å². The molecule has 0 aliphatic heterocycles. The minimum Gasteiger partial charge on any atom is -0.508 e. The molecule has 0 spiro atoms. The van der Waals surface area contributed by atoms with Gasteiger partial charge in [-0.15, -0.1) is 0 Å². The third kappa shape index (κ3) is 4.14. The molecular formula is C11H16FNO3. The first kappa shape index (κ1) is 12.9. The van der Waals surface area contributed by atoms with Crippen molar-refractivity contribution in [3.8, 4) is 5.75 Å². The number of nitrogens with one attached hydrogen (secondary N) is 1. The van der Waals surface area contributed by atoms with Crippen molar-refractivity contribution in [2.45, 2.75) is 12.8 Å². The highest BCUT2D eigenvalue weighted by Crippen LogP contribution is 2.14. The number of hydrogen-bond acceptors (Lipinski definition) is 4. The predicted molar refractivity (Wildman–Crippen MR) is 57.6 cm³/mol. The zero-order valence-corrected chi connectivity index (χ0v) is 9.37. The van der Waals surface area contributed by atoms with Crippen LogP contribution in [0.4, 0.5) is 4.39 Å². The van der Waals surface area contributed by atoms with Crippen molar-refractivity contribution in [1.29, 1.82) is 0 Å². The van der Waals surface area contributed by atoms with Crippen molar-refractivity contribution < 1.29 is 19.0 Å². The van der Waals surface area contributed by atoms with E-state index in [1.165, 1.54) is 12.1 Å². The molecule has 0 amide bonds. The van der Waals surface area contributed by atoms with E-state index >= 15 is 0 Å². The molecule has 0 fully saturated rings. The minimum absolute atomic E-state index is 0.0770. The molecule has 0 aromatic heterocycles. The van der Waals surface area contributed by atoms with Gasteiger partial charge in [0.05, 0.1) is 0 Å². The van der Waals surface area contributed by atoms with Gasteiger partial charge in [0.2, 0.25) is 0 Å². The Bertz CT molecular complexity index is 309. The summed E-state index contributed by atoms with van der Waals surface area (Å²) in [6.45, 7) is 0.929. The molecule has 16 heavy (non-hydrogen) atoms. The van der Waals surface area contributed by atoms with Gasteiger partial charge in [-0.3, -0.25) is 0 Å². The molecule has 0 unspecified atom stereocenters. The number of phenolic OH excluding ortho intramolecular Hbond substituents is 1. The van der Waals surface area contributed by atoms with Gasteiger partial charge in [-0.25, -0.2) is 4.39 Å². The van der Waals surface area contributed by atoms with Gasteiger partial charge in [0, 0.05) is 33.4 Å². The molecule has 0 saturated carbocycles. The molecule has 0 aliphatic rings. The molecule has 0 atom stereocenters. The third-order valence-corrected chi connectivity index (χ3v) is 2.11. The number of halogens is 1. The van der Waals surface area contributed by atoms with E-state index in [0.717, 1.165) is 6.07 Å². The fourth-order valence-corrected chi connectivity index (χ4v) is 1.33. The topological polar surface area (TPSA) is 50.7 Å². The van der Waals surface area contributed by atoms with Crippen molar-refractivity contribution in [3.63, 3.8) is 0 Å². The lowest BCUT2D eigenvalue weighted by Gasteiger charge is -2.14. The van der Waals surface area contributed by atoms with Gasteiger partial charge in [-0.05, 0) is 17.7 Å². The van der Waals surface area contributed by atoms with E-state index < -0.39 is 5.82 Å². The Hall–Kier alpha value is -1.17. The van der Waals surface area contributed by atoms with E-state index in [2.05, 4.69) is 5.32 Å². The van der Waals surface area contributed by atoms with Gasteiger partial charge in [-0.2, -0.15) is 0 Å². The maximum atomic E-state index is 12.9. The average molecular weight is 229 g/mol. The van der Waals surface area contributed by atoms with Crippen LogP contribution in [0.15, 0.2) is 18.2 Å². The van der Waals surface area contributed by atoms with Crippen molar-refractivity contribution in [3.05, 3.63) is 29.6 Å². The summed E-state index contributed by atoms with van der Waals surface area (Å²) < 4.78 is 22.9. The Labute approximate surface area is 94.0 Å². The van der Waals surface area contributed by atoms with Gasteiger partial charge in [-0.1, -0.05) is 0 Å². The van der Waals surface area contributed by atoms with E-state index in [1.54, 1.807) is 14.2 Å². The maximum Gasteiger partial charge on any atom is 0.169 e. The predicted octanol–water partition coefficient (Wildman–Crippen LogP) is 1.24. The SMILES string of the molecule is COC(CNCc1cc(O)cc(F)c1)OC. The Morgan fingerprint density at radius 1 is 1.31 bits per heavy atom. The molecule has 90 valence electrons. The quantitative estimate of drug-likeness (QED) is 0.721. The smallest absolute Gasteiger partial charge is 0.169 e. The number of aromatic hydroxyl groups is 1. The molecule has 0 radical (unpaired) electrons. The molecule has 0 bridgehead atoms. The fraction of sp³-hybridized carbons (Fsp3) is 0.455. The lowest BCUT2D eigenvalue weighted by molar-refractivity contribution is -0.0989. The molecule has 0 heterocycles. The molecule has 1 aromatic rings. The highest BCUT2D eigenvalue weighted by molar-refractivity contribution is 5.28. The van der Waals surface area contributed by atoms with Crippen LogP contribution in [-0.4, -0.2) is 32.2 Å². The van der Waals surface area contributed by atoms with Crippen molar-refractivity contribution in [2.75, 3.05) is 20.8 Å². The van der Waals surface area contributed by atoms with Crippen LogP contribution < -0.4 is 5.32 Å². The Morgan fingerprint density at radius 3 is 2.56 bits per heavy atom. The van der Waals surface area contributed by atoms with Crippen LogP contribution in [0.1, 0.15) is 5.56 Å². The molecule has 1 aromatic carbocycles. The Morgan fingerprint density at radius 2 is 2.00 bits per heavy atom. The van der Waals surface area contributed by atoms with Gasteiger partial charge in [0.1, 0.15) is 11.6 Å². The number of hydrogen-bond donors (Lipinski definition) is 2. The lowest BCUT2D eigenvalue weighted by atomic mass is 10.2. The zero-order chi connectivity index (χ0) is 12.0. The average Bonchev–Trinajstić information content (AvgIpc) is 2.23. The summed E-state index contributed by atoms with van der Waals surface area (Å²) in [6.07, 6.45) is -0.331. The highest BCUT2D eigenvalue weighted by atomic mass is 19.1. The zero-order valence-electron chi connectivity index (χ0n) is 9.37. The number of phenols is 1. The lowest BCUT2D eigenvalue weighted by Crippen LogP contribution is -2.29. The first-order chi connectivity index (χ1) is 7.65. The van der Waals surface area contributed by atoms with Crippen LogP contribution in [-0.2, 0) is 16.0 Å². The van der Waals surface area contributed by atoms with E-state index in [4.69, 9.17) is 9.47 Å². The fourth-order valence-electron chi connectivity index (χ4n) is 1.33. The summed E-state index contributed by atoms with van der Waals surface area (Å²) in [4.78, 5) is 0. The molecule has 1 rings (SSSR count). The second kappa shape index (κ2) is 6.42. The summed E-state index contributed by atoms with van der Waals surface area (Å²) in [7, 11) is 3.09. The molecular weight excluding hydrogens is 213 g/mol. The van der Waals surface area contributed by atoms with E-state index in [1.807, 2.05) is 0 Å². The van der Waals surface area contributed by atoms with E-state index in [-0.39, 0.29) is 12.0 Å². The van der Waals surface area contributed by atoms with Gasteiger partial charge >= 0.3 is 0 Å². The van der Waals surface area contributed by atoms with Gasteiger partial charge in [0.15, 0.2) is 6.29 Å². The van der Waals surface area contributed by atoms with Crippen LogP contribution in [0, 0.1) is 5.82 Å². The number of benzene rings is 1. The Balaban J connectivity index is 2.42. The second-order valence-corrected chi connectivity index (χ2v) is 3.35. The van der Waals surface area contributed by atoms with Crippen molar-refractivity contribution >= 4 is 0 Å². The third-order valence-electron chi connectivity index (χ3n) is 2.11. The van der Waals surface area contributed by atoms with Crippen LogP contribution in [0.2, 0.25) is 0 Å². The van der Waals surface area contributed by atoms with Crippen LogP contribution in [0.25, 0.3) is 0 Å². The normalized spacial score (nSPS) is 11.0. The summed E-state index contributed by atoms with van der Waals surface area (Å²) in [5, 5.41) is 12.2. The molecule has 2 N–H and O–H groups in total. The first-order valence-corrected chi connectivity index (χ1v) is 4.90. The largest absolute Gasteiger partial charge is 0.508 e. The van der Waals surface area contributed by atoms with Gasteiger partial charge < -0.3 is 19.9 Å². The summed E-state index contributed by atoms with van der Waals surface area (Å²) in [5.41, 5.74) is 0.670. The Kier molecular flexibility index (Phi) is 5.18. The van der Waals surface area contributed by atoms with Gasteiger partial charge in [0.25, 0.3) is 0 Å². The van der Waals surface area contributed by atoms with E-state index in [9.17, 15) is 9.50 Å². The molecule has 4 nitrogen and oxygen atoms in total. The van der Waals surface area contributed by atoms with Crippen LogP contribution in [0.3, 0.4) is 0 Å². The number of methoxy groups -OCH3 is 2. The highest BCUT2D eigenvalue weighted by Gasteiger charge is 2.04. The van der Waals surface area contributed by atoms with Crippen molar-refractivity contribution in [2.24, 2.45) is 0 Å². The second-order valence-electron chi connectivity index (χ2n) is 3.35. The summed E-state index contributed by atoms with van der Waals surface area (Å²) >= 11 is 0. The molecule has 5 heteroatoms. The van der Waals surface area contributed by atoms with Crippen LogP contribution >= 0.6 is 0 Å².